The number of carbonyl (C=O) groups excluding carboxylic acids is 1. The zero-order valence-corrected chi connectivity index (χ0v) is 18.9. The average Bonchev–Trinajstić information content (AvgIpc) is 3.23. The average molecular weight is 445 g/mol. The molecule has 5 nitrogen and oxygen atoms in total. The van der Waals surface area contributed by atoms with Crippen LogP contribution >= 0.6 is 22.9 Å². The van der Waals surface area contributed by atoms with E-state index in [9.17, 15) is 4.79 Å². The number of methoxy groups -OCH3 is 1. The summed E-state index contributed by atoms with van der Waals surface area (Å²) in [5.41, 5.74) is 1.47. The molecule has 1 amide bonds. The third-order valence-electron chi connectivity index (χ3n) is 4.83. The Balaban J connectivity index is 1.69. The Morgan fingerprint density at radius 1 is 1.17 bits per heavy atom. The molecule has 1 heterocycles. The van der Waals surface area contributed by atoms with Gasteiger partial charge in [-0.3, -0.25) is 4.79 Å². The Morgan fingerprint density at radius 2 is 1.87 bits per heavy atom. The molecule has 1 aromatic heterocycles. The van der Waals surface area contributed by atoms with E-state index in [0.717, 1.165) is 17.1 Å². The first-order valence-electron chi connectivity index (χ1n) is 9.77. The molecule has 2 aromatic carbocycles. The van der Waals surface area contributed by atoms with Crippen LogP contribution < -0.4 is 9.47 Å². The Hall–Kier alpha value is -2.57. The number of thiazole rings is 1. The molecule has 7 heteroatoms. The van der Waals surface area contributed by atoms with Gasteiger partial charge in [-0.25, -0.2) is 4.98 Å². The maximum Gasteiger partial charge on any atom is 0.254 e. The summed E-state index contributed by atoms with van der Waals surface area (Å²) in [6, 6.07) is 14.6. The number of ether oxygens (including phenoxy) is 2. The second kappa shape index (κ2) is 10.5. The highest BCUT2D eigenvalue weighted by molar-refractivity contribution is 7.09. The van der Waals surface area contributed by atoms with Gasteiger partial charge in [-0.2, -0.15) is 0 Å². The number of nitrogens with zero attached hydrogens (tertiary/aromatic N) is 2. The first kappa shape index (κ1) is 22.1. The zero-order chi connectivity index (χ0) is 21.5. The highest BCUT2D eigenvalue weighted by Crippen LogP contribution is 2.27. The quantitative estimate of drug-likeness (QED) is 0.417. The van der Waals surface area contributed by atoms with Crippen molar-refractivity contribution in [2.24, 2.45) is 0 Å². The fourth-order valence-electron chi connectivity index (χ4n) is 2.95. The maximum absolute atomic E-state index is 13.1. The number of hydrogen-bond donors (Lipinski definition) is 0. The molecule has 0 aliphatic carbocycles. The van der Waals surface area contributed by atoms with Crippen molar-refractivity contribution in [2.75, 3.05) is 7.11 Å². The van der Waals surface area contributed by atoms with Gasteiger partial charge >= 0.3 is 0 Å². The van der Waals surface area contributed by atoms with E-state index in [1.54, 1.807) is 31.4 Å². The number of hydrogen-bond acceptors (Lipinski definition) is 5. The van der Waals surface area contributed by atoms with Gasteiger partial charge in [-0.1, -0.05) is 30.7 Å². The number of benzene rings is 2. The molecular weight excluding hydrogens is 420 g/mol. The summed E-state index contributed by atoms with van der Waals surface area (Å²) in [4.78, 5) is 19.6. The van der Waals surface area contributed by atoms with Crippen molar-refractivity contribution >= 4 is 28.8 Å². The van der Waals surface area contributed by atoms with Crippen LogP contribution in [0.2, 0.25) is 5.02 Å². The summed E-state index contributed by atoms with van der Waals surface area (Å²) in [7, 11) is 1.62. The molecule has 0 fully saturated rings. The van der Waals surface area contributed by atoms with Crippen LogP contribution in [0.25, 0.3) is 0 Å². The molecular formula is C23H25ClN2O3S. The third-order valence-corrected chi connectivity index (χ3v) is 5.95. The summed E-state index contributed by atoms with van der Waals surface area (Å²) >= 11 is 7.48. The number of rotatable bonds is 9. The standard InChI is InChI=1S/C23H25ClN2O3S/c1-4-16(2)26(23(27)17-9-11-18(24)12-10-17)13-19-15-30-22(25-19)14-29-21-8-6-5-7-20(21)28-3/h5-12,15-16H,4,13-14H2,1-3H3. The van der Waals surface area contributed by atoms with Gasteiger partial charge in [0.2, 0.25) is 0 Å². The van der Waals surface area contributed by atoms with Crippen molar-refractivity contribution in [3.63, 3.8) is 0 Å². The van der Waals surface area contributed by atoms with Crippen LogP contribution in [0.5, 0.6) is 11.5 Å². The first-order valence-corrected chi connectivity index (χ1v) is 11.0. The van der Waals surface area contributed by atoms with E-state index in [4.69, 9.17) is 21.1 Å². The second-order valence-electron chi connectivity index (χ2n) is 6.87. The van der Waals surface area contributed by atoms with Crippen molar-refractivity contribution in [3.8, 4) is 11.5 Å². The van der Waals surface area contributed by atoms with E-state index in [2.05, 4.69) is 11.9 Å². The second-order valence-corrected chi connectivity index (χ2v) is 8.25. The molecule has 3 aromatic rings. The van der Waals surface area contributed by atoms with Crippen LogP contribution in [0.4, 0.5) is 0 Å². The molecule has 30 heavy (non-hydrogen) atoms. The molecule has 0 bridgehead atoms. The minimum absolute atomic E-state index is 0.0270. The summed E-state index contributed by atoms with van der Waals surface area (Å²) < 4.78 is 11.2. The predicted molar refractivity (Wildman–Crippen MR) is 121 cm³/mol. The maximum atomic E-state index is 13.1. The molecule has 1 atom stereocenters. The van der Waals surface area contributed by atoms with Crippen LogP contribution in [-0.4, -0.2) is 28.9 Å². The Morgan fingerprint density at radius 3 is 2.53 bits per heavy atom. The molecule has 3 rings (SSSR count). The van der Waals surface area contributed by atoms with Crippen LogP contribution in [0.15, 0.2) is 53.9 Å². The minimum Gasteiger partial charge on any atom is -0.493 e. The normalized spacial score (nSPS) is 11.7. The van der Waals surface area contributed by atoms with E-state index in [1.807, 2.05) is 41.5 Å². The van der Waals surface area contributed by atoms with Crippen molar-refractivity contribution < 1.29 is 14.3 Å². The van der Waals surface area contributed by atoms with E-state index in [0.29, 0.717) is 35.2 Å². The van der Waals surface area contributed by atoms with Gasteiger partial charge in [0.05, 0.1) is 19.3 Å². The van der Waals surface area contributed by atoms with Crippen molar-refractivity contribution in [3.05, 3.63) is 75.2 Å². The fourth-order valence-corrected chi connectivity index (χ4v) is 3.77. The third kappa shape index (κ3) is 5.52. The molecule has 0 saturated heterocycles. The molecule has 158 valence electrons. The van der Waals surface area contributed by atoms with E-state index < -0.39 is 0 Å². The molecule has 0 spiro atoms. The minimum atomic E-state index is -0.0270. The number of amides is 1. The lowest BCUT2D eigenvalue weighted by Gasteiger charge is -2.28. The van der Waals surface area contributed by atoms with Gasteiger partial charge in [0.1, 0.15) is 11.6 Å². The molecule has 0 radical (unpaired) electrons. The SMILES string of the molecule is CCC(C)N(Cc1csc(COc2ccccc2OC)n1)C(=O)c1ccc(Cl)cc1. The lowest BCUT2D eigenvalue weighted by molar-refractivity contribution is 0.0669. The predicted octanol–water partition coefficient (Wildman–Crippen LogP) is 5.83. The zero-order valence-electron chi connectivity index (χ0n) is 17.3. The van der Waals surface area contributed by atoms with Gasteiger partial charge in [-0.05, 0) is 49.7 Å². The van der Waals surface area contributed by atoms with Gasteiger partial charge < -0.3 is 14.4 Å². The smallest absolute Gasteiger partial charge is 0.254 e. The van der Waals surface area contributed by atoms with Crippen molar-refractivity contribution in [1.29, 1.82) is 0 Å². The summed E-state index contributed by atoms with van der Waals surface area (Å²) in [6.07, 6.45) is 0.854. The summed E-state index contributed by atoms with van der Waals surface area (Å²) in [5.74, 6) is 1.34. The van der Waals surface area contributed by atoms with Crippen LogP contribution in [0.3, 0.4) is 0 Å². The van der Waals surface area contributed by atoms with Crippen molar-refractivity contribution in [2.45, 2.75) is 39.5 Å². The molecule has 0 aliphatic heterocycles. The van der Waals surface area contributed by atoms with Crippen LogP contribution in [0.1, 0.15) is 41.3 Å². The topological polar surface area (TPSA) is 51.7 Å². The van der Waals surface area contributed by atoms with Crippen LogP contribution in [-0.2, 0) is 13.2 Å². The highest BCUT2D eigenvalue weighted by atomic mass is 35.5. The Kier molecular flexibility index (Phi) is 7.71. The highest BCUT2D eigenvalue weighted by Gasteiger charge is 2.22. The number of halogens is 1. The summed E-state index contributed by atoms with van der Waals surface area (Å²) in [6.45, 7) is 4.91. The monoisotopic (exact) mass is 444 g/mol. The Bertz CT molecular complexity index is 975. The van der Waals surface area contributed by atoms with E-state index in [1.165, 1.54) is 11.3 Å². The lowest BCUT2D eigenvalue weighted by atomic mass is 10.1. The Labute approximate surface area is 186 Å². The number of aromatic nitrogens is 1. The largest absolute Gasteiger partial charge is 0.493 e. The van der Waals surface area contributed by atoms with Crippen LogP contribution in [0, 0.1) is 0 Å². The van der Waals surface area contributed by atoms with E-state index >= 15 is 0 Å². The van der Waals surface area contributed by atoms with Gasteiger partial charge in [0.25, 0.3) is 5.91 Å². The molecule has 0 saturated carbocycles. The van der Waals surface area contributed by atoms with Crippen molar-refractivity contribution in [1.82, 2.24) is 9.88 Å². The first-order chi connectivity index (χ1) is 14.5. The van der Waals surface area contributed by atoms with Gasteiger partial charge in [0, 0.05) is 22.0 Å². The lowest BCUT2D eigenvalue weighted by Crippen LogP contribution is -2.37. The fraction of sp³-hybridized carbons (Fsp3) is 0.304. The number of carbonyl (C=O) groups is 1. The summed E-state index contributed by atoms with van der Waals surface area (Å²) in [5, 5.41) is 3.44. The molecule has 0 N–H and O–H groups in total. The molecule has 0 aliphatic rings. The van der Waals surface area contributed by atoms with E-state index in [-0.39, 0.29) is 11.9 Å². The van der Waals surface area contributed by atoms with Gasteiger partial charge in [-0.15, -0.1) is 11.3 Å². The molecule has 1 unspecified atom stereocenters. The van der Waals surface area contributed by atoms with Gasteiger partial charge in [0.15, 0.2) is 11.5 Å². The number of para-hydroxylation sites is 2.